The van der Waals surface area contributed by atoms with Crippen molar-refractivity contribution >= 4 is 55.8 Å². The molecule has 26 heavy (non-hydrogen) atoms. The van der Waals surface area contributed by atoms with Crippen molar-refractivity contribution < 1.29 is 4.79 Å². The Hall–Kier alpha value is -1.90. The summed E-state index contributed by atoms with van der Waals surface area (Å²) in [6, 6.07) is 17.7. The molecule has 0 aliphatic heterocycles. The fourth-order valence-electron chi connectivity index (χ4n) is 2.17. The molecule has 0 spiro atoms. The van der Waals surface area contributed by atoms with E-state index in [0.717, 1.165) is 20.1 Å². The molecule has 0 radical (unpaired) electrons. The van der Waals surface area contributed by atoms with Crippen molar-refractivity contribution in [3.8, 4) is 0 Å². The fraction of sp³-hybridized carbons (Fsp3) is 0.167. The number of halogens is 1. The zero-order chi connectivity index (χ0) is 18.4. The average molecular weight is 449 g/mol. The number of aromatic nitrogens is 2. The molecule has 0 aliphatic carbocycles. The number of rotatable bonds is 7. The number of hydrogen-bond acceptors (Lipinski definition) is 6. The summed E-state index contributed by atoms with van der Waals surface area (Å²) in [4.78, 5) is 14.1. The largest absolute Gasteiger partial charge is 0.341 e. The molecule has 1 N–H and O–H groups in total. The van der Waals surface area contributed by atoms with E-state index >= 15 is 0 Å². The smallest absolute Gasteiger partial charge is 0.233 e. The van der Waals surface area contributed by atoms with Gasteiger partial charge in [0.15, 0.2) is 4.34 Å². The summed E-state index contributed by atoms with van der Waals surface area (Å²) in [6.07, 6.45) is 0. The highest BCUT2D eigenvalue weighted by molar-refractivity contribution is 9.10. The van der Waals surface area contributed by atoms with Gasteiger partial charge in [-0.05, 0) is 23.8 Å². The molecule has 2 aromatic carbocycles. The Balaban J connectivity index is 1.51. The van der Waals surface area contributed by atoms with Crippen LogP contribution < -0.4 is 5.32 Å². The van der Waals surface area contributed by atoms with Crippen LogP contribution >= 0.6 is 39.0 Å². The second-order valence-corrected chi connectivity index (χ2v) is 8.55. The van der Waals surface area contributed by atoms with Crippen LogP contribution in [0.2, 0.25) is 0 Å². The third kappa shape index (κ3) is 5.30. The van der Waals surface area contributed by atoms with Crippen molar-refractivity contribution in [3.05, 3.63) is 64.6 Å². The van der Waals surface area contributed by atoms with Gasteiger partial charge in [-0.15, -0.1) is 10.2 Å². The second-order valence-electron chi connectivity index (χ2n) is 5.49. The Morgan fingerprint density at radius 2 is 1.88 bits per heavy atom. The molecular formula is C18H17BrN4OS2. The van der Waals surface area contributed by atoms with Crippen molar-refractivity contribution in [2.45, 2.75) is 10.9 Å². The lowest BCUT2D eigenvalue weighted by Gasteiger charge is -2.17. The first-order valence-corrected chi connectivity index (χ1v) is 10.5. The van der Waals surface area contributed by atoms with Crippen LogP contribution in [0.15, 0.2) is 63.4 Å². The molecule has 1 heterocycles. The van der Waals surface area contributed by atoms with Crippen LogP contribution in [0.5, 0.6) is 0 Å². The number of amides is 1. The van der Waals surface area contributed by atoms with Crippen molar-refractivity contribution in [1.82, 2.24) is 15.1 Å². The summed E-state index contributed by atoms with van der Waals surface area (Å²) in [5.74, 6) is 0.388. The molecule has 0 bridgehead atoms. The predicted octanol–water partition coefficient (Wildman–Crippen LogP) is 4.79. The van der Waals surface area contributed by atoms with E-state index in [4.69, 9.17) is 0 Å². The monoisotopic (exact) mass is 448 g/mol. The van der Waals surface area contributed by atoms with Crippen LogP contribution in [0.4, 0.5) is 10.8 Å². The molecule has 5 nitrogen and oxygen atoms in total. The lowest BCUT2D eigenvalue weighted by molar-refractivity contribution is -0.127. The first-order valence-electron chi connectivity index (χ1n) is 7.87. The zero-order valence-electron chi connectivity index (χ0n) is 14.1. The molecule has 0 saturated carbocycles. The van der Waals surface area contributed by atoms with Gasteiger partial charge in [0.1, 0.15) is 0 Å². The van der Waals surface area contributed by atoms with E-state index < -0.39 is 0 Å². The molecule has 0 saturated heterocycles. The van der Waals surface area contributed by atoms with Crippen LogP contribution in [0.3, 0.4) is 0 Å². The number of thioether (sulfide) groups is 1. The summed E-state index contributed by atoms with van der Waals surface area (Å²) < 4.78 is 1.78. The van der Waals surface area contributed by atoms with Crippen LogP contribution in [0, 0.1) is 0 Å². The van der Waals surface area contributed by atoms with Gasteiger partial charge in [0.05, 0.1) is 5.75 Å². The molecule has 0 atom stereocenters. The van der Waals surface area contributed by atoms with Crippen molar-refractivity contribution in [2.24, 2.45) is 0 Å². The van der Waals surface area contributed by atoms with E-state index in [1.165, 1.54) is 23.1 Å². The SMILES string of the molecule is CN(Cc1ccccc1Br)C(=O)CSc1nnc(Nc2ccccc2)s1. The highest BCUT2D eigenvalue weighted by Crippen LogP contribution is 2.28. The molecular weight excluding hydrogens is 432 g/mol. The summed E-state index contributed by atoms with van der Waals surface area (Å²) in [5.41, 5.74) is 2.04. The second kappa shape index (κ2) is 9.16. The highest BCUT2D eigenvalue weighted by Gasteiger charge is 2.13. The molecule has 0 unspecified atom stereocenters. The van der Waals surface area contributed by atoms with Crippen LogP contribution in [-0.2, 0) is 11.3 Å². The lowest BCUT2D eigenvalue weighted by atomic mass is 10.2. The maximum atomic E-state index is 12.4. The van der Waals surface area contributed by atoms with E-state index in [9.17, 15) is 4.79 Å². The molecule has 134 valence electrons. The Morgan fingerprint density at radius 3 is 2.65 bits per heavy atom. The minimum absolute atomic E-state index is 0.0542. The van der Waals surface area contributed by atoms with Gasteiger partial charge in [0.25, 0.3) is 0 Å². The third-order valence-electron chi connectivity index (χ3n) is 3.54. The van der Waals surface area contributed by atoms with E-state index in [1.807, 2.05) is 61.6 Å². The van der Waals surface area contributed by atoms with Crippen molar-refractivity contribution in [3.63, 3.8) is 0 Å². The standard InChI is InChI=1S/C18H17BrN4OS2/c1-23(11-13-7-5-6-10-15(13)19)16(24)12-25-18-22-21-17(26-18)20-14-8-3-2-4-9-14/h2-10H,11-12H2,1H3,(H,20,21). The Labute approximate surface area is 169 Å². The van der Waals surface area contributed by atoms with Gasteiger partial charge in [-0.25, -0.2) is 0 Å². The summed E-state index contributed by atoms with van der Waals surface area (Å²) >= 11 is 6.36. The lowest BCUT2D eigenvalue weighted by Crippen LogP contribution is -2.27. The Kier molecular flexibility index (Phi) is 6.65. The average Bonchev–Trinajstić information content (AvgIpc) is 3.09. The van der Waals surface area contributed by atoms with Crippen LogP contribution in [-0.4, -0.2) is 33.8 Å². The first-order chi connectivity index (χ1) is 12.6. The van der Waals surface area contributed by atoms with Crippen LogP contribution in [0.1, 0.15) is 5.56 Å². The van der Waals surface area contributed by atoms with E-state index in [2.05, 4.69) is 31.4 Å². The topological polar surface area (TPSA) is 58.1 Å². The molecule has 8 heteroatoms. The normalized spacial score (nSPS) is 10.5. The molecule has 1 amide bonds. The van der Waals surface area contributed by atoms with Gasteiger partial charge in [0, 0.05) is 23.8 Å². The predicted molar refractivity (Wildman–Crippen MR) is 111 cm³/mol. The molecule has 3 rings (SSSR count). The summed E-state index contributed by atoms with van der Waals surface area (Å²) in [5, 5.41) is 12.2. The number of hydrogen-bond donors (Lipinski definition) is 1. The number of carbonyl (C=O) groups excluding carboxylic acids is 1. The third-order valence-corrected chi connectivity index (χ3v) is 6.27. The minimum atomic E-state index is 0.0542. The number of nitrogens with one attached hydrogen (secondary N) is 1. The van der Waals surface area contributed by atoms with Gasteiger partial charge in [-0.3, -0.25) is 4.79 Å². The highest BCUT2D eigenvalue weighted by atomic mass is 79.9. The van der Waals surface area contributed by atoms with E-state index in [-0.39, 0.29) is 5.91 Å². The Bertz CT molecular complexity index is 872. The van der Waals surface area contributed by atoms with E-state index in [0.29, 0.717) is 17.4 Å². The van der Waals surface area contributed by atoms with Gasteiger partial charge in [-0.2, -0.15) is 0 Å². The summed E-state index contributed by atoms with van der Waals surface area (Å²) in [7, 11) is 1.81. The summed E-state index contributed by atoms with van der Waals surface area (Å²) in [6.45, 7) is 0.567. The first kappa shape index (κ1) is 18.9. The molecule has 0 aliphatic rings. The number of nitrogens with zero attached hydrogens (tertiary/aromatic N) is 3. The van der Waals surface area contributed by atoms with Gasteiger partial charge >= 0.3 is 0 Å². The zero-order valence-corrected chi connectivity index (χ0v) is 17.3. The number of benzene rings is 2. The number of anilines is 2. The van der Waals surface area contributed by atoms with Crippen molar-refractivity contribution in [2.75, 3.05) is 18.1 Å². The quantitative estimate of drug-likeness (QED) is 0.526. The molecule has 1 aromatic heterocycles. The fourth-order valence-corrected chi connectivity index (χ4v) is 4.29. The van der Waals surface area contributed by atoms with E-state index in [1.54, 1.807) is 4.90 Å². The minimum Gasteiger partial charge on any atom is -0.341 e. The number of carbonyl (C=O) groups is 1. The maximum absolute atomic E-state index is 12.4. The molecule has 3 aromatic rings. The van der Waals surface area contributed by atoms with Crippen LogP contribution in [0.25, 0.3) is 0 Å². The van der Waals surface area contributed by atoms with Gasteiger partial charge in [0.2, 0.25) is 11.0 Å². The Morgan fingerprint density at radius 1 is 1.15 bits per heavy atom. The van der Waals surface area contributed by atoms with Crippen molar-refractivity contribution in [1.29, 1.82) is 0 Å². The number of para-hydroxylation sites is 1. The van der Waals surface area contributed by atoms with Gasteiger partial charge in [-0.1, -0.05) is 75.4 Å². The maximum Gasteiger partial charge on any atom is 0.233 e. The van der Waals surface area contributed by atoms with Gasteiger partial charge < -0.3 is 10.2 Å². The molecule has 0 fully saturated rings.